The Hall–Kier alpha value is -4.65. The molecule has 46 heavy (non-hydrogen) atoms. The zero-order chi connectivity index (χ0) is 33.4. The first-order valence-corrected chi connectivity index (χ1v) is 15.5. The predicted molar refractivity (Wildman–Crippen MR) is 168 cm³/mol. The first kappa shape index (κ1) is 32.7. The third-order valence-corrected chi connectivity index (χ3v) is 8.78. The van der Waals surface area contributed by atoms with Gasteiger partial charge in [0.25, 0.3) is 11.8 Å². The topological polar surface area (TPSA) is 96.7 Å². The molecule has 13 heteroatoms. The number of hydrogen-bond acceptors (Lipinski definition) is 4. The van der Waals surface area contributed by atoms with Crippen LogP contribution in [-0.2, 0) is 22.0 Å². The van der Waals surface area contributed by atoms with Gasteiger partial charge >= 0.3 is 6.18 Å². The number of anilines is 1. The standard InChI is InChI=1S/C33H31F4N5O3S/c1-5-41-30-27(25(19-38-46(45)32(2,3)4)40-42(30)24-12-7-6-8-13-24)26(20-14-16-23(34)17-15-20)28(31(41)44)39-29(43)21-10-9-11-22(18-21)33(35,36)37/h6-19,26,28H,5H2,1-4H3,(H,39,43)/b38-19+/t26-,28-,46+/m0/s1. The number of carbonyl (C=O) groups is 2. The Balaban J connectivity index is 1.73. The molecule has 8 nitrogen and oxygen atoms in total. The summed E-state index contributed by atoms with van der Waals surface area (Å²) in [6.45, 7) is 7.15. The summed E-state index contributed by atoms with van der Waals surface area (Å²) >= 11 is 0. The van der Waals surface area contributed by atoms with Crippen molar-refractivity contribution in [3.63, 3.8) is 0 Å². The number of hydrogen-bond donors (Lipinski definition) is 1. The fourth-order valence-electron chi connectivity index (χ4n) is 5.22. The maximum absolute atomic E-state index is 14.3. The molecule has 0 spiro atoms. The maximum atomic E-state index is 14.3. The lowest BCUT2D eigenvalue weighted by atomic mass is 9.81. The lowest BCUT2D eigenvalue weighted by molar-refractivity contribution is -0.137. The number of rotatable bonds is 7. The van der Waals surface area contributed by atoms with Crippen molar-refractivity contribution in [1.82, 2.24) is 15.1 Å². The van der Waals surface area contributed by atoms with Gasteiger partial charge in [-0.25, -0.2) is 13.3 Å². The number of fused-ring (bicyclic) bond motifs is 1. The second-order valence-corrected chi connectivity index (χ2v) is 13.5. The van der Waals surface area contributed by atoms with E-state index in [0.29, 0.717) is 28.7 Å². The summed E-state index contributed by atoms with van der Waals surface area (Å²) in [5.74, 6) is -2.62. The van der Waals surface area contributed by atoms with Gasteiger partial charge in [-0.15, -0.1) is 0 Å². The van der Waals surface area contributed by atoms with Crippen LogP contribution in [0.5, 0.6) is 0 Å². The molecule has 2 amide bonds. The van der Waals surface area contributed by atoms with Crippen LogP contribution in [0.15, 0.2) is 83.3 Å². The Morgan fingerprint density at radius 2 is 1.70 bits per heavy atom. The van der Waals surface area contributed by atoms with Gasteiger partial charge < -0.3 is 5.32 Å². The molecule has 0 saturated carbocycles. The number of carbonyl (C=O) groups excluding carboxylic acids is 2. The van der Waals surface area contributed by atoms with Crippen LogP contribution in [0.1, 0.15) is 66.4 Å². The van der Waals surface area contributed by atoms with Gasteiger partial charge in [0.1, 0.15) is 34.4 Å². The number of likely N-dealkylation sites (N-methyl/N-ethyl adjacent to an activating group) is 1. The van der Waals surface area contributed by atoms with Crippen LogP contribution in [0.4, 0.5) is 23.4 Å². The molecule has 3 aromatic carbocycles. The van der Waals surface area contributed by atoms with Crippen LogP contribution in [0.25, 0.3) is 5.69 Å². The van der Waals surface area contributed by atoms with Crippen LogP contribution < -0.4 is 10.2 Å². The molecular weight excluding hydrogens is 622 g/mol. The number of benzene rings is 3. The van der Waals surface area contributed by atoms with E-state index in [1.54, 1.807) is 56.6 Å². The van der Waals surface area contributed by atoms with Crippen LogP contribution >= 0.6 is 0 Å². The van der Waals surface area contributed by atoms with Crippen molar-refractivity contribution in [2.75, 3.05) is 11.4 Å². The first-order valence-electron chi connectivity index (χ1n) is 14.4. The molecule has 1 aliphatic heterocycles. The van der Waals surface area contributed by atoms with Crippen molar-refractivity contribution >= 4 is 34.8 Å². The van der Waals surface area contributed by atoms with E-state index >= 15 is 0 Å². The SMILES string of the molecule is CCN1C(=O)[C@@H](NC(=O)c2cccc(C(F)(F)F)c2)[C@@H](c2ccc(F)cc2)c2c(/C=N/[S@](=O)C(C)(C)C)nn(-c3ccccc3)c21. The summed E-state index contributed by atoms with van der Waals surface area (Å²) in [6.07, 6.45) is -3.33. The summed E-state index contributed by atoms with van der Waals surface area (Å²) in [5.41, 5.74) is 0.399. The summed E-state index contributed by atoms with van der Waals surface area (Å²) in [4.78, 5) is 29.2. The molecule has 1 aromatic heterocycles. The van der Waals surface area contributed by atoms with Crippen molar-refractivity contribution in [1.29, 1.82) is 0 Å². The first-order chi connectivity index (χ1) is 21.7. The molecule has 240 valence electrons. The second-order valence-electron chi connectivity index (χ2n) is 11.6. The van der Waals surface area contributed by atoms with E-state index in [0.717, 1.165) is 12.1 Å². The highest BCUT2D eigenvalue weighted by Crippen LogP contribution is 2.43. The van der Waals surface area contributed by atoms with Crippen molar-refractivity contribution in [2.24, 2.45) is 4.40 Å². The van der Waals surface area contributed by atoms with Crippen molar-refractivity contribution < 1.29 is 31.4 Å². The third-order valence-electron chi connectivity index (χ3n) is 7.44. The molecule has 0 fully saturated rings. The molecule has 0 aliphatic carbocycles. The number of alkyl halides is 3. The van der Waals surface area contributed by atoms with Crippen molar-refractivity contribution in [3.05, 3.63) is 113 Å². The smallest absolute Gasteiger partial charge is 0.339 e. The zero-order valence-corrected chi connectivity index (χ0v) is 26.2. The van der Waals surface area contributed by atoms with Gasteiger partial charge in [-0.1, -0.05) is 36.4 Å². The Labute approximate surface area is 265 Å². The lowest BCUT2D eigenvalue weighted by Gasteiger charge is -2.38. The Morgan fingerprint density at radius 3 is 2.30 bits per heavy atom. The van der Waals surface area contributed by atoms with E-state index in [9.17, 15) is 31.4 Å². The second kappa shape index (κ2) is 12.6. The van der Waals surface area contributed by atoms with Crippen LogP contribution in [0.3, 0.4) is 0 Å². The quantitative estimate of drug-likeness (QED) is 0.190. The summed E-state index contributed by atoms with van der Waals surface area (Å²) in [7, 11) is -1.67. The fourth-order valence-corrected chi connectivity index (χ4v) is 5.73. The molecular formula is C33H31F4N5O3S. The highest BCUT2D eigenvalue weighted by Gasteiger charge is 2.46. The summed E-state index contributed by atoms with van der Waals surface area (Å²) in [5, 5.41) is 7.44. The predicted octanol–water partition coefficient (Wildman–Crippen LogP) is 6.21. The molecule has 5 rings (SSSR count). The summed E-state index contributed by atoms with van der Waals surface area (Å²) in [6, 6.07) is 16.9. The number of amides is 2. The molecule has 0 radical (unpaired) electrons. The minimum absolute atomic E-state index is 0.140. The molecule has 3 atom stereocenters. The average Bonchev–Trinajstić information content (AvgIpc) is 3.39. The minimum atomic E-state index is -4.69. The van der Waals surface area contributed by atoms with E-state index in [2.05, 4.69) is 9.71 Å². The highest BCUT2D eigenvalue weighted by atomic mass is 32.2. The molecule has 1 aliphatic rings. The third kappa shape index (κ3) is 6.50. The van der Waals surface area contributed by atoms with E-state index in [-0.39, 0.29) is 17.8 Å². The van der Waals surface area contributed by atoms with Crippen molar-refractivity contribution in [2.45, 2.75) is 50.6 Å². The Kier molecular flexibility index (Phi) is 8.98. The van der Waals surface area contributed by atoms with Gasteiger partial charge in [0.2, 0.25) is 0 Å². The molecule has 0 saturated heterocycles. The van der Waals surface area contributed by atoms with Gasteiger partial charge in [0.05, 0.1) is 22.2 Å². The number of nitrogens with zero attached hydrogens (tertiary/aromatic N) is 4. The lowest BCUT2D eigenvalue weighted by Crippen LogP contribution is -2.55. The Morgan fingerprint density at radius 1 is 1.02 bits per heavy atom. The van der Waals surface area contributed by atoms with E-state index < -0.39 is 57.1 Å². The number of aromatic nitrogens is 2. The average molecular weight is 654 g/mol. The van der Waals surface area contributed by atoms with Crippen LogP contribution in [0.2, 0.25) is 0 Å². The largest absolute Gasteiger partial charge is 0.416 e. The number of nitrogens with one attached hydrogen (secondary N) is 1. The maximum Gasteiger partial charge on any atom is 0.416 e. The van der Waals surface area contributed by atoms with E-state index in [4.69, 9.17) is 5.10 Å². The van der Waals surface area contributed by atoms with Gasteiger partial charge in [-0.3, -0.25) is 14.5 Å². The monoisotopic (exact) mass is 653 g/mol. The molecule has 0 unspecified atom stereocenters. The molecule has 2 heterocycles. The van der Waals surface area contributed by atoms with Gasteiger partial charge in [0.15, 0.2) is 0 Å². The van der Waals surface area contributed by atoms with E-state index in [1.807, 2.05) is 6.07 Å². The van der Waals surface area contributed by atoms with Crippen LogP contribution in [0, 0.1) is 5.82 Å². The fraction of sp³-hybridized carbons (Fsp3) is 0.273. The van der Waals surface area contributed by atoms with Gasteiger partial charge in [-0.2, -0.15) is 22.7 Å². The van der Waals surface area contributed by atoms with Gasteiger partial charge in [0, 0.05) is 23.6 Å². The van der Waals surface area contributed by atoms with E-state index in [1.165, 1.54) is 41.4 Å². The summed E-state index contributed by atoms with van der Waals surface area (Å²) < 4.78 is 72.6. The molecule has 0 bridgehead atoms. The normalized spacial score (nSPS) is 17.7. The minimum Gasteiger partial charge on any atom is -0.339 e. The highest BCUT2D eigenvalue weighted by molar-refractivity contribution is 7.85. The number of para-hydroxylation sites is 1. The Bertz CT molecular complexity index is 1820. The number of halogens is 4. The van der Waals surface area contributed by atoms with Crippen molar-refractivity contribution in [3.8, 4) is 5.69 Å². The zero-order valence-electron chi connectivity index (χ0n) is 25.4. The van der Waals surface area contributed by atoms with Gasteiger partial charge in [-0.05, 0) is 75.7 Å². The van der Waals surface area contributed by atoms with Crippen LogP contribution in [-0.4, -0.2) is 49.4 Å². The molecule has 1 N–H and O–H groups in total. The molecule has 4 aromatic rings.